The van der Waals surface area contributed by atoms with Crippen molar-refractivity contribution in [2.45, 2.75) is 26.3 Å². The lowest BCUT2D eigenvalue weighted by molar-refractivity contribution is 0.265. The number of aliphatic hydroxyl groups excluding tert-OH is 1. The molecule has 2 aromatic rings. The SMILES string of the molecule is Cc1cc(CC(N)CO)cc(C)c1Oc1ccc(O)cc1. The molecule has 0 aliphatic heterocycles. The Morgan fingerprint density at radius 3 is 2.19 bits per heavy atom. The van der Waals surface area contributed by atoms with Gasteiger partial charge in [0.05, 0.1) is 6.61 Å². The van der Waals surface area contributed by atoms with E-state index in [0.29, 0.717) is 12.2 Å². The van der Waals surface area contributed by atoms with Gasteiger partial charge in [-0.2, -0.15) is 0 Å². The second-order valence-corrected chi connectivity index (χ2v) is 5.30. The zero-order chi connectivity index (χ0) is 15.4. The van der Waals surface area contributed by atoms with Crippen LogP contribution in [0.4, 0.5) is 0 Å². The van der Waals surface area contributed by atoms with Crippen molar-refractivity contribution in [3.05, 3.63) is 53.1 Å². The number of aromatic hydroxyl groups is 1. The molecule has 0 bridgehead atoms. The van der Waals surface area contributed by atoms with Crippen molar-refractivity contribution >= 4 is 0 Å². The third-order valence-electron chi connectivity index (χ3n) is 3.31. The Morgan fingerprint density at radius 2 is 1.67 bits per heavy atom. The van der Waals surface area contributed by atoms with Crippen molar-refractivity contribution < 1.29 is 14.9 Å². The van der Waals surface area contributed by atoms with Crippen LogP contribution in [0.2, 0.25) is 0 Å². The predicted octanol–water partition coefficient (Wildman–Crippen LogP) is 2.66. The number of ether oxygens (including phenoxy) is 1. The summed E-state index contributed by atoms with van der Waals surface area (Å²) in [6.45, 7) is 3.94. The summed E-state index contributed by atoms with van der Waals surface area (Å²) in [6.07, 6.45) is 0.637. The third kappa shape index (κ3) is 3.97. The third-order valence-corrected chi connectivity index (χ3v) is 3.31. The quantitative estimate of drug-likeness (QED) is 0.790. The molecule has 0 aromatic heterocycles. The van der Waals surface area contributed by atoms with Gasteiger partial charge in [-0.05, 0) is 61.2 Å². The van der Waals surface area contributed by atoms with Gasteiger partial charge in [-0.1, -0.05) is 12.1 Å². The fourth-order valence-electron chi connectivity index (χ4n) is 2.32. The van der Waals surface area contributed by atoms with Gasteiger partial charge >= 0.3 is 0 Å². The van der Waals surface area contributed by atoms with Gasteiger partial charge in [-0.25, -0.2) is 0 Å². The van der Waals surface area contributed by atoms with Gasteiger partial charge in [0.15, 0.2) is 0 Å². The Labute approximate surface area is 124 Å². The molecule has 21 heavy (non-hydrogen) atoms. The van der Waals surface area contributed by atoms with Crippen LogP contribution in [0.5, 0.6) is 17.2 Å². The number of aliphatic hydroxyl groups is 1. The van der Waals surface area contributed by atoms with E-state index in [1.807, 2.05) is 26.0 Å². The largest absolute Gasteiger partial charge is 0.508 e. The zero-order valence-electron chi connectivity index (χ0n) is 12.3. The number of nitrogens with two attached hydrogens (primary N) is 1. The summed E-state index contributed by atoms with van der Waals surface area (Å²) in [4.78, 5) is 0. The summed E-state index contributed by atoms with van der Waals surface area (Å²) in [7, 11) is 0. The predicted molar refractivity (Wildman–Crippen MR) is 82.9 cm³/mol. The van der Waals surface area contributed by atoms with E-state index in [2.05, 4.69) is 0 Å². The van der Waals surface area contributed by atoms with Crippen molar-refractivity contribution in [3.63, 3.8) is 0 Å². The molecular weight excluding hydrogens is 266 g/mol. The molecule has 4 heteroatoms. The Kier molecular flexibility index (Phi) is 4.83. The number of hydrogen-bond acceptors (Lipinski definition) is 4. The van der Waals surface area contributed by atoms with E-state index >= 15 is 0 Å². The summed E-state index contributed by atoms with van der Waals surface area (Å²) in [5.41, 5.74) is 8.90. The number of rotatable bonds is 5. The molecule has 1 atom stereocenters. The maximum atomic E-state index is 9.29. The summed E-state index contributed by atoms with van der Waals surface area (Å²) in [5.74, 6) is 1.70. The maximum absolute atomic E-state index is 9.29. The normalized spacial score (nSPS) is 12.2. The lowest BCUT2D eigenvalue weighted by atomic mass is 10.0. The maximum Gasteiger partial charge on any atom is 0.133 e. The molecule has 1 unspecified atom stereocenters. The van der Waals surface area contributed by atoms with Crippen LogP contribution >= 0.6 is 0 Å². The first-order valence-corrected chi connectivity index (χ1v) is 6.93. The average Bonchev–Trinajstić information content (AvgIpc) is 2.44. The Bertz CT molecular complexity index is 585. The van der Waals surface area contributed by atoms with Crippen LogP contribution < -0.4 is 10.5 Å². The monoisotopic (exact) mass is 287 g/mol. The fourth-order valence-corrected chi connectivity index (χ4v) is 2.32. The highest BCUT2D eigenvalue weighted by molar-refractivity contribution is 5.46. The molecule has 0 amide bonds. The van der Waals surface area contributed by atoms with Crippen molar-refractivity contribution in [2.24, 2.45) is 5.73 Å². The van der Waals surface area contributed by atoms with E-state index in [4.69, 9.17) is 15.6 Å². The van der Waals surface area contributed by atoms with Crippen LogP contribution in [0.3, 0.4) is 0 Å². The molecule has 0 radical (unpaired) electrons. The van der Waals surface area contributed by atoms with Gasteiger partial charge in [0, 0.05) is 6.04 Å². The molecule has 0 aliphatic carbocycles. The van der Waals surface area contributed by atoms with E-state index in [0.717, 1.165) is 22.4 Å². The first kappa shape index (κ1) is 15.4. The number of phenolic OH excluding ortho intramolecular Hbond substituents is 1. The van der Waals surface area contributed by atoms with E-state index in [9.17, 15) is 5.11 Å². The van der Waals surface area contributed by atoms with Crippen molar-refractivity contribution in [1.29, 1.82) is 0 Å². The molecule has 4 N–H and O–H groups in total. The second kappa shape index (κ2) is 6.61. The number of hydrogen-bond donors (Lipinski definition) is 3. The molecule has 0 saturated heterocycles. The molecule has 0 saturated carbocycles. The molecular formula is C17H21NO3. The van der Waals surface area contributed by atoms with Crippen LogP contribution in [-0.4, -0.2) is 22.9 Å². The Hall–Kier alpha value is -2.04. The number of benzene rings is 2. The summed E-state index contributed by atoms with van der Waals surface area (Å²) < 4.78 is 5.89. The second-order valence-electron chi connectivity index (χ2n) is 5.30. The highest BCUT2D eigenvalue weighted by atomic mass is 16.5. The molecule has 2 rings (SSSR count). The lowest BCUT2D eigenvalue weighted by Gasteiger charge is -2.15. The van der Waals surface area contributed by atoms with E-state index in [-0.39, 0.29) is 18.4 Å². The van der Waals surface area contributed by atoms with Crippen LogP contribution in [0.25, 0.3) is 0 Å². The van der Waals surface area contributed by atoms with Gasteiger partial charge in [0.2, 0.25) is 0 Å². The van der Waals surface area contributed by atoms with Crippen LogP contribution in [0, 0.1) is 13.8 Å². The van der Waals surface area contributed by atoms with Crippen molar-refractivity contribution in [2.75, 3.05) is 6.61 Å². The lowest BCUT2D eigenvalue weighted by Crippen LogP contribution is -2.26. The minimum Gasteiger partial charge on any atom is -0.508 e. The highest BCUT2D eigenvalue weighted by Gasteiger charge is 2.10. The van der Waals surface area contributed by atoms with E-state index < -0.39 is 0 Å². The van der Waals surface area contributed by atoms with Crippen LogP contribution in [0.1, 0.15) is 16.7 Å². The fraction of sp³-hybridized carbons (Fsp3) is 0.294. The van der Waals surface area contributed by atoms with Gasteiger partial charge in [0.25, 0.3) is 0 Å². The summed E-state index contributed by atoms with van der Waals surface area (Å²) >= 11 is 0. The molecule has 0 fully saturated rings. The first-order valence-electron chi connectivity index (χ1n) is 6.93. The minimum absolute atomic E-state index is 0.0240. The summed E-state index contributed by atoms with van der Waals surface area (Å²) in [5, 5.41) is 18.3. The minimum atomic E-state index is -0.243. The Morgan fingerprint density at radius 1 is 1.10 bits per heavy atom. The highest BCUT2D eigenvalue weighted by Crippen LogP contribution is 2.30. The van der Waals surface area contributed by atoms with E-state index in [1.54, 1.807) is 24.3 Å². The topological polar surface area (TPSA) is 75.7 Å². The average molecular weight is 287 g/mol. The smallest absolute Gasteiger partial charge is 0.133 e. The van der Waals surface area contributed by atoms with Gasteiger partial charge in [0.1, 0.15) is 17.2 Å². The summed E-state index contributed by atoms with van der Waals surface area (Å²) in [6, 6.07) is 10.4. The molecule has 2 aromatic carbocycles. The molecule has 0 aliphatic rings. The molecule has 0 heterocycles. The number of phenols is 1. The van der Waals surface area contributed by atoms with Crippen molar-refractivity contribution in [3.8, 4) is 17.2 Å². The first-order chi connectivity index (χ1) is 9.99. The molecule has 112 valence electrons. The number of aryl methyl sites for hydroxylation is 2. The van der Waals surface area contributed by atoms with Crippen molar-refractivity contribution in [1.82, 2.24) is 0 Å². The molecule has 4 nitrogen and oxygen atoms in total. The Balaban J connectivity index is 2.22. The molecule has 0 spiro atoms. The van der Waals surface area contributed by atoms with Crippen LogP contribution in [0.15, 0.2) is 36.4 Å². The standard InChI is InChI=1S/C17H21NO3/c1-11-7-13(9-14(18)10-19)8-12(2)17(11)21-16-5-3-15(20)4-6-16/h3-8,14,19-20H,9-10,18H2,1-2H3. The van der Waals surface area contributed by atoms with Gasteiger partial charge in [-0.3, -0.25) is 0 Å². The van der Waals surface area contributed by atoms with E-state index in [1.165, 1.54) is 0 Å². The van der Waals surface area contributed by atoms with Crippen LogP contribution in [-0.2, 0) is 6.42 Å². The zero-order valence-corrected chi connectivity index (χ0v) is 12.3. The van der Waals surface area contributed by atoms with Gasteiger partial charge in [-0.15, -0.1) is 0 Å². The van der Waals surface area contributed by atoms with Gasteiger partial charge < -0.3 is 20.7 Å².